The van der Waals surface area contributed by atoms with Crippen molar-refractivity contribution in [3.05, 3.63) is 65.7 Å². The Morgan fingerprint density at radius 2 is 1.65 bits per heavy atom. The SMILES string of the molecule is O=C(O)CC(NC(=O)C(F)(F)F)c1ccc(OCc2ccccc2)cc1. The number of amides is 1. The van der Waals surface area contributed by atoms with Gasteiger partial charge in [-0.05, 0) is 23.3 Å². The lowest BCUT2D eigenvalue weighted by Gasteiger charge is -2.19. The van der Waals surface area contributed by atoms with Crippen LogP contribution in [0.2, 0.25) is 0 Å². The summed E-state index contributed by atoms with van der Waals surface area (Å²) in [6.07, 6.45) is -5.76. The lowest BCUT2D eigenvalue weighted by Crippen LogP contribution is -2.39. The number of rotatable bonds is 7. The van der Waals surface area contributed by atoms with E-state index in [2.05, 4.69) is 0 Å². The molecule has 5 nitrogen and oxygen atoms in total. The number of carboxylic acids is 1. The summed E-state index contributed by atoms with van der Waals surface area (Å²) in [7, 11) is 0. The van der Waals surface area contributed by atoms with E-state index in [1.54, 1.807) is 5.32 Å². The third-order valence-electron chi connectivity index (χ3n) is 3.47. The van der Waals surface area contributed by atoms with Crippen LogP contribution < -0.4 is 10.1 Å². The minimum Gasteiger partial charge on any atom is -0.489 e. The predicted molar refractivity (Wildman–Crippen MR) is 86.4 cm³/mol. The van der Waals surface area contributed by atoms with Crippen molar-refractivity contribution < 1.29 is 32.6 Å². The van der Waals surface area contributed by atoms with Crippen LogP contribution in [0.25, 0.3) is 0 Å². The molecule has 0 aromatic heterocycles. The fourth-order valence-electron chi connectivity index (χ4n) is 2.20. The summed E-state index contributed by atoms with van der Waals surface area (Å²) in [5.74, 6) is -3.05. The minimum atomic E-state index is -5.09. The molecule has 2 rings (SSSR count). The Labute approximate surface area is 147 Å². The molecule has 0 heterocycles. The van der Waals surface area contributed by atoms with Crippen LogP contribution in [-0.4, -0.2) is 23.2 Å². The molecule has 26 heavy (non-hydrogen) atoms. The smallest absolute Gasteiger partial charge is 0.471 e. The van der Waals surface area contributed by atoms with Crippen LogP contribution in [-0.2, 0) is 16.2 Å². The summed E-state index contributed by atoms with van der Waals surface area (Å²) < 4.78 is 42.8. The van der Waals surface area contributed by atoms with Crippen molar-refractivity contribution in [3.8, 4) is 5.75 Å². The van der Waals surface area contributed by atoms with Gasteiger partial charge in [0.25, 0.3) is 0 Å². The van der Waals surface area contributed by atoms with Crippen LogP contribution in [0.15, 0.2) is 54.6 Å². The zero-order valence-corrected chi connectivity index (χ0v) is 13.5. The topological polar surface area (TPSA) is 75.6 Å². The van der Waals surface area contributed by atoms with E-state index in [-0.39, 0.29) is 5.56 Å². The maximum Gasteiger partial charge on any atom is 0.471 e. The van der Waals surface area contributed by atoms with Crippen LogP contribution >= 0.6 is 0 Å². The number of alkyl halides is 3. The summed E-state index contributed by atoms with van der Waals surface area (Å²) in [6.45, 7) is 0.309. The van der Waals surface area contributed by atoms with Gasteiger partial charge < -0.3 is 15.2 Å². The van der Waals surface area contributed by atoms with E-state index >= 15 is 0 Å². The average molecular weight is 367 g/mol. The summed E-state index contributed by atoms with van der Waals surface area (Å²) in [4.78, 5) is 22.0. The molecule has 0 saturated heterocycles. The average Bonchev–Trinajstić information content (AvgIpc) is 2.59. The molecule has 0 aliphatic carbocycles. The van der Waals surface area contributed by atoms with E-state index in [0.717, 1.165) is 5.56 Å². The van der Waals surface area contributed by atoms with Gasteiger partial charge in [0.2, 0.25) is 0 Å². The van der Waals surface area contributed by atoms with Gasteiger partial charge in [0.1, 0.15) is 12.4 Å². The summed E-state index contributed by atoms with van der Waals surface area (Å²) >= 11 is 0. The fraction of sp³-hybridized carbons (Fsp3) is 0.222. The number of halogens is 3. The molecular formula is C18H16F3NO4. The van der Waals surface area contributed by atoms with E-state index in [1.165, 1.54) is 24.3 Å². The molecule has 1 amide bonds. The first-order chi connectivity index (χ1) is 12.3. The highest BCUT2D eigenvalue weighted by Gasteiger charge is 2.40. The summed E-state index contributed by atoms with van der Waals surface area (Å²) in [5.41, 5.74) is 1.18. The predicted octanol–water partition coefficient (Wildman–Crippen LogP) is 3.46. The van der Waals surface area contributed by atoms with Crippen molar-refractivity contribution in [1.82, 2.24) is 5.32 Å². The first kappa shape index (κ1) is 19.3. The summed E-state index contributed by atoms with van der Waals surface area (Å²) in [5, 5.41) is 10.6. The second-order valence-corrected chi connectivity index (χ2v) is 5.46. The van der Waals surface area contributed by atoms with Crippen molar-refractivity contribution in [3.63, 3.8) is 0 Å². The first-order valence-electron chi connectivity index (χ1n) is 7.62. The quantitative estimate of drug-likeness (QED) is 0.786. The normalized spacial score (nSPS) is 12.3. The van der Waals surface area contributed by atoms with Crippen molar-refractivity contribution >= 4 is 11.9 Å². The van der Waals surface area contributed by atoms with E-state index < -0.39 is 30.5 Å². The molecule has 138 valence electrons. The Morgan fingerprint density at radius 3 is 2.19 bits per heavy atom. The highest BCUT2D eigenvalue weighted by atomic mass is 19.4. The fourth-order valence-corrected chi connectivity index (χ4v) is 2.20. The van der Waals surface area contributed by atoms with E-state index in [0.29, 0.717) is 12.4 Å². The Balaban J connectivity index is 2.06. The number of hydrogen-bond acceptors (Lipinski definition) is 3. The molecule has 0 saturated carbocycles. The van der Waals surface area contributed by atoms with Gasteiger partial charge >= 0.3 is 18.1 Å². The molecule has 0 radical (unpaired) electrons. The molecule has 0 spiro atoms. The second kappa shape index (κ2) is 8.37. The van der Waals surface area contributed by atoms with E-state index in [1.807, 2.05) is 30.3 Å². The van der Waals surface area contributed by atoms with Crippen LogP contribution in [0.4, 0.5) is 13.2 Å². The molecule has 2 aromatic rings. The maximum absolute atomic E-state index is 12.4. The molecule has 1 atom stereocenters. The van der Waals surface area contributed by atoms with E-state index in [4.69, 9.17) is 9.84 Å². The number of aliphatic carboxylic acids is 1. The number of nitrogens with one attached hydrogen (secondary N) is 1. The maximum atomic E-state index is 12.4. The molecule has 0 bridgehead atoms. The van der Waals surface area contributed by atoms with Crippen LogP contribution in [0, 0.1) is 0 Å². The number of benzene rings is 2. The number of ether oxygens (including phenoxy) is 1. The number of carboxylic acid groups (broad SMARTS) is 1. The Hall–Kier alpha value is -3.03. The lowest BCUT2D eigenvalue weighted by atomic mass is 10.0. The van der Waals surface area contributed by atoms with Crippen molar-refractivity contribution in [2.75, 3.05) is 0 Å². The third-order valence-corrected chi connectivity index (χ3v) is 3.47. The molecule has 0 aliphatic heterocycles. The van der Waals surface area contributed by atoms with Gasteiger partial charge in [-0.3, -0.25) is 9.59 Å². The van der Waals surface area contributed by atoms with Crippen molar-refractivity contribution in [2.24, 2.45) is 0 Å². The van der Waals surface area contributed by atoms with Crippen LogP contribution in [0.1, 0.15) is 23.6 Å². The molecule has 2 aromatic carbocycles. The van der Waals surface area contributed by atoms with Crippen molar-refractivity contribution in [2.45, 2.75) is 25.2 Å². The molecule has 8 heteroatoms. The highest BCUT2D eigenvalue weighted by molar-refractivity contribution is 5.82. The second-order valence-electron chi connectivity index (χ2n) is 5.46. The lowest BCUT2D eigenvalue weighted by molar-refractivity contribution is -0.174. The third kappa shape index (κ3) is 5.80. The molecule has 0 aliphatic rings. The zero-order chi connectivity index (χ0) is 19.2. The van der Waals surface area contributed by atoms with Gasteiger partial charge in [0, 0.05) is 0 Å². The highest BCUT2D eigenvalue weighted by Crippen LogP contribution is 2.23. The number of carbonyl (C=O) groups excluding carboxylic acids is 1. The van der Waals surface area contributed by atoms with Crippen LogP contribution in [0.3, 0.4) is 0 Å². The van der Waals surface area contributed by atoms with E-state index in [9.17, 15) is 22.8 Å². The Bertz CT molecular complexity index is 745. The van der Waals surface area contributed by atoms with Gasteiger partial charge in [-0.25, -0.2) is 0 Å². The van der Waals surface area contributed by atoms with Gasteiger partial charge in [-0.15, -0.1) is 0 Å². The van der Waals surface area contributed by atoms with Gasteiger partial charge in [0.15, 0.2) is 0 Å². The van der Waals surface area contributed by atoms with Crippen molar-refractivity contribution in [1.29, 1.82) is 0 Å². The van der Waals surface area contributed by atoms with Gasteiger partial charge in [-0.2, -0.15) is 13.2 Å². The number of hydrogen-bond donors (Lipinski definition) is 2. The molecular weight excluding hydrogens is 351 g/mol. The zero-order valence-electron chi connectivity index (χ0n) is 13.5. The van der Waals surface area contributed by atoms with Gasteiger partial charge in [0.05, 0.1) is 12.5 Å². The molecule has 0 fully saturated rings. The van der Waals surface area contributed by atoms with Gasteiger partial charge in [-0.1, -0.05) is 42.5 Å². The monoisotopic (exact) mass is 367 g/mol. The number of carbonyl (C=O) groups is 2. The molecule has 2 N–H and O–H groups in total. The Morgan fingerprint density at radius 1 is 1.04 bits per heavy atom. The first-order valence-corrected chi connectivity index (χ1v) is 7.62. The largest absolute Gasteiger partial charge is 0.489 e. The summed E-state index contributed by atoms with van der Waals surface area (Å²) in [6, 6.07) is 13.9. The molecule has 1 unspecified atom stereocenters. The Kier molecular flexibility index (Phi) is 6.21. The minimum absolute atomic E-state index is 0.233. The standard InChI is InChI=1S/C18H16F3NO4/c19-18(20,21)17(25)22-15(10-16(23)24)13-6-8-14(9-7-13)26-11-12-4-2-1-3-5-12/h1-9,15H,10-11H2,(H,22,25)(H,23,24). The van der Waals surface area contributed by atoms with Crippen LogP contribution in [0.5, 0.6) is 5.75 Å².